The maximum atomic E-state index is 11.8. The van der Waals surface area contributed by atoms with E-state index in [-0.39, 0.29) is 6.04 Å². The van der Waals surface area contributed by atoms with Gasteiger partial charge in [-0.15, -0.1) is 11.3 Å². The number of halogens is 1. The lowest BCUT2D eigenvalue weighted by Gasteiger charge is -2.32. The maximum Gasteiger partial charge on any atom is 0.250 e. The quantitative estimate of drug-likeness (QED) is 0.933. The van der Waals surface area contributed by atoms with E-state index in [0.717, 1.165) is 16.6 Å². The van der Waals surface area contributed by atoms with Crippen LogP contribution in [-0.4, -0.2) is 14.5 Å². The molecule has 0 unspecified atom stereocenters. The predicted octanol–water partition coefficient (Wildman–Crippen LogP) is 2.59. The van der Waals surface area contributed by atoms with Crippen LogP contribution in [0.4, 0.5) is 0 Å². The number of sulfonamides is 1. The van der Waals surface area contributed by atoms with Crippen LogP contribution in [-0.2, 0) is 10.0 Å². The van der Waals surface area contributed by atoms with Crippen LogP contribution in [0.1, 0.15) is 19.8 Å². The normalized spacial score (nSPS) is 26.3. The van der Waals surface area contributed by atoms with E-state index in [1.807, 2.05) is 0 Å². The van der Waals surface area contributed by atoms with E-state index in [1.165, 1.54) is 11.3 Å². The summed E-state index contributed by atoms with van der Waals surface area (Å²) in [7, 11) is -3.28. The van der Waals surface area contributed by atoms with Gasteiger partial charge >= 0.3 is 0 Å². The van der Waals surface area contributed by atoms with Crippen LogP contribution in [0.5, 0.6) is 0 Å². The highest BCUT2D eigenvalue weighted by Crippen LogP contribution is 2.30. The molecule has 1 aromatic rings. The molecule has 84 valence electrons. The fourth-order valence-corrected chi connectivity index (χ4v) is 5.01. The largest absolute Gasteiger partial charge is 0.250 e. The van der Waals surface area contributed by atoms with Crippen molar-refractivity contribution < 1.29 is 8.42 Å². The van der Waals surface area contributed by atoms with E-state index < -0.39 is 10.0 Å². The number of nitrogens with one attached hydrogen (secondary N) is 1. The highest BCUT2D eigenvalue weighted by Gasteiger charge is 2.30. The second-order valence-corrected chi connectivity index (χ2v) is 8.36. The molecule has 1 fully saturated rings. The van der Waals surface area contributed by atoms with Crippen molar-refractivity contribution in [1.29, 1.82) is 0 Å². The Morgan fingerprint density at radius 1 is 1.47 bits per heavy atom. The van der Waals surface area contributed by atoms with E-state index in [4.69, 9.17) is 0 Å². The molecule has 2 rings (SSSR count). The summed E-state index contributed by atoms with van der Waals surface area (Å²) < 4.78 is 27.6. The molecule has 1 aliphatic rings. The minimum Gasteiger partial charge on any atom is -0.207 e. The molecule has 0 bridgehead atoms. The molecule has 1 saturated carbocycles. The van der Waals surface area contributed by atoms with E-state index in [0.29, 0.717) is 10.1 Å². The third-order valence-corrected chi connectivity index (χ3v) is 6.14. The van der Waals surface area contributed by atoms with Gasteiger partial charge < -0.3 is 0 Å². The van der Waals surface area contributed by atoms with Crippen molar-refractivity contribution in [3.8, 4) is 0 Å². The van der Waals surface area contributed by atoms with Crippen LogP contribution in [0.2, 0.25) is 0 Å². The van der Waals surface area contributed by atoms with E-state index in [2.05, 4.69) is 27.6 Å². The van der Waals surface area contributed by atoms with Crippen molar-refractivity contribution in [3.05, 3.63) is 15.9 Å². The van der Waals surface area contributed by atoms with Gasteiger partial charge in [-0.3, -0.25) is 0 Å². The standard InChI is InChI=1S/C9H12BrNO2S2/c1-6-4-7(5-6)11-15(12,13)9-3-2-8(10)14-9/h2-3,6-7,11H,4-5H2,1H3. The number of hydrogen-bond donors (Lipinski definition) is 1. The van der Waals surface area contributed by atoms with Gasteiger partial charge in [0.1, 0.15) is 4.21 Å². The van der Waals surface area contributed by atoms with Crippen LogP contribution >= 0.6 is 27.3 Å². The second kappa shape index (κ2) is 4.16. The zero-order valence-corrected chi connectivity index (χ0v) is 11.5. The van der Waals surface area contributed by atoms with Gasteiger partial charge in [0.05, 0.1) is 3.79 Å². The molecule has 0 aromatic carbocycles. The van der Waals surface area contributed by atoms with Crippen LogP contribution < -0.4 is 4.72 Å². The zero-order valence-electron chi connectivity index (χ0n) is 8.23. The topological polar surface area (TPSA) is 46.2 Å². The summed E-state index contributed by atoms with van der Waals surface area (Å²) in [6, 6.07) is 3.51. The second-order valence-electron chi connectivity index (χ2n) is 3.95. The highest BCUT2D eigenvalue weighted by molar-refractivity contribution is 9.11. The van der Waals surface area contributed by atoms with Crippen molar-refractivity contribution in [2.75, 3.05) is 0 Å². The first kappa shape index (κ1) is 11.6. The van der Waals surface area contributed by atoms with Crippen LogP contribution in [0, 0.1) is 5.92 Å². The lowest BCUT2D eigenvalue weighted by Crippen LogP contribution is -2.43. The molecule has 0 atom stereocenters. The Bertz CT molecular complexity index is 448. The molecule has 1 aromatic heterocycles. The predicted molar refractivity (Wildman–Crippen MR) is 64.5 cm³/mol. The third kappa shape index (κ3) is 2.61. The Kier molecular flexibility index (Phi) is 3.21. The van der Waals surface area contributed by atoms with E-state index in [1.54, 1.807) is 12.1 Å². The summed E-state index contributed by atoms with van der Waals surface area (Å²) in [6.07, 6.45) is 1.90. The molecule has 1 aliphatic carbocycles. The van der Waals surface area contributed by atoms with Crippen molar-refractivity contribution in [1.82, 2.24) is 4.72 Å². The Labute approximate surface area is 102 Å². The van der Waals surface area contributed by atoms with Crippen LogP contribution in [0.15, 0.2) is 20.1 Å². The maximum absolute atomic E-state index is 11.8. The molecule has 6 heteroatoms. The molecule has 3 nitrogen and oxygen atoms in total. The summed E-state index contributed by atoms with van der Waals surface area (Å²) in [5.41, 5.74) is 0. The zero-order chi connectivity index (χ0) is 11.1. The first-order chi connectivity index (χ1) is 6.97. The Morgan fingerprint density at radius 3 is 2.60 bits per heavy atom. The van der Waals surface area contributed by atoms with Crippen molar-refractivity contribution in [3.63, 3.8) is 0 Å². The monoisotopic (exact) mass is 309 g/mol. The number of rotatable bonds is 3. The molecule has 0 spiro atoms. The van der Waals surface area contributed by atoms with E-state index >= 15 is 0 Å². The first-order valence-electron chi connectivity index (χ1n) is 4.75. The molecule has 0 radical (unpaired) electrons. The fraction of sp³-hybridized carbons (Fsp3) is 0.556. The molecular weight excluding hydrogens is 298 g/mol. The van der Waals surface area contributed by atoms with Crippen LogP contribution in [0.25, 0.3) is 0 Å². The first-order valence-corrected chi connectivity index (χ1v) is 7.84. The van der Waals surface area contributed by atoms with Crippen molar-refractivity contribution in [2.45, 2.75) is 30.0 Å². The third-order valence-electron chi connectivity index (χ3n) is 2.51. The van der Waals surface area contributed by atoms with Gasteiger partial charge in [0.25, 0.3) is 0 Å². The number of thiophene rings is 1. The minimum absolute atomic E-state index is 0.130. The number of hydrogen-bond acceptors (Lipinski definition) is 3. The summed E-state index contributed by atoms with van der Waals surface area (Å²) in [4.78, 5) is 0. The van der Waals surface area contributed by atoms with Gasteiger partial charge in [-0.1, -0.05) is 6.92 Å². The highest BCUT2D eigenvalue weighted by atomic mass is 79.9. The fourth-order valence-electron chi connectivity index (χ4n) is 1.72. The van der Waals surface area contributed by atoms with Gasteiger partial charge in [0.2, 0.25) is 10.0 Å². The van der Waals surface area contributed by atoms with Crippen molar-refractivity contribution >= 4 is 37.3 Å². The molecule has 1 heterocycles. The average Bonchev–Trinajstić information content (AvgIpc) is 2.49. The Hall–Kier alpha value is 0.0900. The molecular formula is C9H12BrNO2S2. The van der Waals surface area contributed by atoms with Crippen molar-refractivity contribution in [2.24, 2.45) is 5.92 Å². The summed E-state index contributed by atoms with van der Waals surface area (Å²) in [6.45, 7) is 2.13. The molecule has 1 N–H and O–H groups in total. The molecule has 0 amide bonds. The van der Waals surface area contributed by atoms with Gasteiger partial charge in [-0.2, -0.15) is 0 Å². The summed E-state index contributed by atoms with van der Waals surface area (Å²) in [5, 5.41) is 0. The summed E-state index contributed by atoms with van der Waals surface area (Å²) in [5.74, 6) is 0.646. The van der Waals surface area contributed by atoms with Gasteiger partial charge in [-0.25, -0.2) is 13.1 Å². The Balaban J connectivity index is 2.07. The minimum atomic E-state index is -3.28. The SMILES string of the molecule is CC1CC(NS(=O)(=O)c2ccc(Br)s2)C1. The Morgan fingerprint density at radius 2 is 2.13 bits per heavy atom. The molecule has 15 heavy (non-hydrogen) atoms. The van der Waals surface area contributed by atoms with E-state index in [9.17, 15) is 8.42 Å². The average molecular weight is 310 g/mol. The van der Waals surface area contributed by atoms with Gasteiger partial charge in [0.15, 0.2) is 0 Å². The molecule has 0 saturated heterocycles. The lowest BCUT2D eigenvalue weighted by molar-refractivity contribution is 0.270. The summed E-state index contributed by atoms with van der Waals surface area (Å²) >= 11 is 4.50. The van der Waals surface area contributed by atoms with Crippen LogP contribution in [0.3, 0.4) is 0 Å². The molecule has 0 aliphatic heterocycles. The van der Waals surface area contributed by atoms with Gasteiger partial charge in [-0.05, 0) is 46.8 Å². The van der Waals surface area contributed by atoms with Gasteiger partial charge in [0, 0.05) is 6.04 Å². The lowest BCUT2D eigenvalue weighted by atomic mass is 9.83. The smallest absolute Gasteiger partial charge is 0.207 e.